The molecular formula is C20H22N2O5S. The Morgan fingerprint density at radius 3 is 2.36 bits per heavy atom. The number of para-hydroxylation sites is 1. The van der Waals surface area contributed by atoms with Crippen LogP contribution in [-0.2, 0) is 10.0 Å². The lowest BCUT2D eigenvalue weighted by Gasteiger charge is -2.26. The number of carboxylic acid groups (broad SMARTS) is 1. The Balaban J connectivity index is 1.92. The zero-order valence-electron chi connectivity index (χ0n) is 15.5. The minimum Gasteiger partial charge on any atom is -0.478 e. The van der Waals surface area contributed by atoms with Gasteiger partial charge in [0.2, 0.25) is 10.0 Å². The molecule has 3 rings (SSSR count). The molecule has 0 unspecified atom stereocenters. The first kappa shape index (κ1) is 20.0. The van der Waals surface area contributed by atoms with Crippen LogP contribution >= 0.6 is 0 Å². The molecule has 2 aromatic carbocycles. The predicted octanol–water partition coefficient (Wildman–Crippen LogP) is 2.84. The van der Waals surface area contributed by atoms with Gasteiger partial charge in [-0.2, -0.15) is 4.31 Å². The Hall–Kier alpha value is -2.71. The van der Waals surface area contributed by atoms with Gasteiger partial charge in [0.15, 0.2) is 0 Å². The molecule has 0 aromatic heterocycles. The van der Waals surface area contributed by atoms with Crippen molar-refractivity contribution in [3.05, 3.63) is 59.7 Å². The summed E-state index contributed by atoms with van der Waals surface area (Å²) in [5.41, 5.74) is 0.417. The van der Waals surface area contributed by atoms with Crippen molar-refractivity contribution in [3.8, 4) is 0 Å². The van der Waals surface area contributed by atoms with Gasteiger partial charge in [-0.1, -0.05) is 24.6 Å². The molecule has 0 spiro atoms. The number of benzene rings is 2. The van der Waals surface area contributed by atoms with Gasteiger partial charge in [0.05, 0.1) is 16.1 Å². The number of piperidine rings is 1. The first-order valence-corrected chi connectivity index (χ1v) is 10.5. The molecule has 1 aliphatic rings. The second-order valence-electron chi connectivity index (χ2n) is 6.68. The minimum absolute atomic E-state index is 0.00422. The van der Waals surface area contributed by atoms with Crippen molar-refractivity contribution in [3.63, 3.8) is 0 Å². The van der Waals surface area contributed by atoms with Crippen molar-refractivity contribution < 1.29 is 23.1 Å². The summed E-state index contributed by atoms with van der Waals surface area (Å²) in [6, 6.07) is 12.1. The predicted molar refractivity (Wildman–Crippen MR) is 105 cm³/mol. The Labute approximate surface area is 164 Å². The van der Waals surface area contributed by atoms with Crippen LogP contribution in [0.3, 0.4) is 0 Å². The largest absolute Gasteiger partial charge is 0.478 e. The molecule has 0 bridgehead atoms. The summed E-state index contributed by atoms with van der Waals surface area (Å²) >= 11 is 0. The maximum Gasteiger partial charge on any atom is 0.337 e. The van der Waals surface area contributed by atoms with Crippen LogP contribution in [0.1, 0.15) is 40.0 Å². The van der Waals surface area contributed by atoms with Crippen LogP contribution in [0.2, 0.25) is 0 Å². The van der Waals surface area contributed by atoms with Gasteiger partial charge in [-0.25, -0.2) is 13.2 Å². The Morgan fingerprint density at radius 2 is 1.68 bits per heavy atom. The Bertz CT molecular complexity index is 997. The number of hydrogen-bond acceptors (Lipinski definition) is 4. The average Bonchev–Trinajstić information content (AvgIpc) is 2.73. The highest BCUT2D eigenvalue weighted by atomic mass is 32.2. The van der Waals surface area contributed by atoms with E-state index in [1.807, 2.05) is 0 Å². The summed E-state index contributed by atoms with van der Waals surface area (Å²) in [4.78, 5) is 25.6. The maximum atomic E-state index is 12.9. The molecule has 0 aliphatic carbocycles. The number of rotatable bonds is 5. The van der Waals surface area contributed by atoms with Crippen molar-refractivity contribution in [1.29, 1.82) is 0 Å². The van der Waals surface area contributed by atoms with Crippen molar-refractivity contribution in [2.45, 2.75) is 24.2 Å². The van der Waals surface area contributed by atoms with Gasteiger partial charge in [-0.15, -0.1) is 0 Å². The molecule has 2 aromatic rings. The van der Waals surface area contributed by atoms with Crippen molar-refractivity contribution >= 4 is 27.6 Å². The van der Waals surface area contributed by atoms with Gasteiger partial charge in [-0.3, -0.25) is 4.79 Å². The van der Waals surface area contributed by atoms with E-state index in [4.69, 9.17) is 0 Å². The molecule has 1 amide bonds. The molecule has 0 atom stereocenters. The molecule has 0 saturated carbocycles. The van der Waals surface area contributed by atoms with Crippen LogP contribution in [0.15, 0.2) is 53.4 Å². The van der Waals surface area contributed by atoms with Gasteiger partial charge in [0, 0.05) is 25.7 Å². The quantitative estimate of drug-likeness (QED) is 0.830. The van der Waals surface area contributed by atoms with Gasteiger partial charge in [-0.05, 0) is 43.2 Å². The number of carbonyl (C=O) groups excluding carboxylic acids is 1. The molecule has 1 N–H and O–H groups in total. The van der Waals surface area contributed by atoms with E-state index >= 15 is 0 Å². The number of sulfonamides is 1. The first-order chi connectivity index (χ1) is 13.3. The molecule has 0 radical (unpaired) electrons. The molecule has 28 heavy (non-hydrogen) atoms. The molecule has 1 heterocycles. The zero-order valence-corrected chi connectivity index (χ0v) is 16.4. The third-order valence-corrected chi connectivity index (χ3v) is 6.73. The van der Waals surface area contributed by atoms with Gasteiger partial charge in [0.25, 0.3) is 5.91 Å². The van der Waals surface area contributed by atoms with E-state index in [9.17, 15) is 23.1 Å². The van der Waals surface area contributed by atoms with E-state index in [1.54, 1.807) is 12.1 Å². The summed E-state index contributed by atoms with van der Waals surface area (Å²) in [5, 5.41) is 9.34. The topological polar surface area (TPSA) is 95.0 Å². The molecule has 1 saturated heterocycles. The molecule has 7 nitrogen and oxygen atoms in total. The first-order valence-electron chi connectivity index (χ1n) is 9.03. The smallest absolute Gasteiger partial charge is 0.337 e. The van der Waals surface area contributed by atoms with E-state index in [0.29, 0.717) is 13.1 Å². The Kier molecular flexibility index (Phi) is 5.81. The van der Waals surface area contributed by atoms with Crippen LogP contribution < -0.4 is 4.90 Å². The average molecular weight is 402 g/mol. The number of carbonyl (C=O) groups is 2. The number of aromatic carboxylic acids is 1. The van der Waals surface area contributed by atoms with Gasteiger partial charge in [0.1, 0.15) is 0 Å². The SMILES string of the molecule is CN(C(=O)c1cccc(S(=O)(=O)N2CCCCC2)c1)c1ccccc1C(=O)O. The third kappa shape index (κ3) is 3.93. The molecule has 1 fully saturated rings. The van der Waals surface area contributed by atoms with Gasteiger partial charge < -0.3 is 10.0 Å². The number of amides is 1. The summed E-state index contributed by atoms with van der Waals surface area (Å²) in [5.74, 6) is -1.62. The van der Waals surface area contributed by atoms with E-state index in [2.05, 4.69) is 0 Å². The van der Waals surface area contributed by atoms with E-state index in [1.165, 1.54) is 52.7 Å². The van der Waals surface area contributed by atoms with E-state index in [0.717, 1.165) is 19.3 Å². The monoisotopic (exact) mass is 402 g/mol. The fraction of sp³-hybridized carbons (Fsp3) is 0.300. The van der Waals surface area contributed by atoms with Crippen molar-refractivity contribution in [1.82, 2.24) is 4.31 Å². The lowest BCUT2D eigenvalue weighted by atomic mass is 10.1. The van der Waals surface area contributed by atoms with Crippen LogP contribution in [0.4, 0.5) is 5.69 Å². The second kappa shape index (κ2) is 8.12. The standard InChI is InChI=1S/C20H22N2O5S/c1-21(18-11-4-3-10-17(18)20(24)25)19(23)15-8-7-9-16(14-15)28(26,27)22-12-5-2-6-13-22/h3-4,7-11,14H,2,5-6,12-13H2,1H3,(H,24,25). The Morgan fingerprint density at radius 1 is 1.00 bits per heavy atom. The van der Waals surface area contributed by atoms with Crippen LogP contribution in [-0.4, -0.2) is 49.8 Å². The molecule has 148 valence electrons. The molecule has 8 heteroatoms. The lowest BCUT2D eigenvalue weighted by Crippen LogP contribution is -2.35. The summed E-state index contributed by atoms with van der Waals surface area (Å²) in [7, 11) is -2.19. The maximum absolute atomic E-state index is 12.9. The highest BCUT2D eigenvalue weighted by Gasteiger charge is 2.27. The number of hydrogen-bond donors (Lipinski definition) is 1. The molecular weight excluding hydrogens is 380 g/mol. The minimum atomic E-state index is -3.66. The summed E-state index contributed by atoms with van der Waals surface area (Å²) in [6.07, 6.45) is 2.66. The number of anilines is 1. The molecule has 1 aliphatic heterocycles. The lowest BCUT2D eigenvalue weighted by molar-refractivity contribution is 0.0697. The van der Waals surface area contributed by atoms with E-state index in [-0.39, 0.29) is 21.7 Å². The summed E-state index contributed by atoms with van der Waals surface area (Å²) in [6.45, 7) is 0.957. The van der Waals surface area contributed by atoms with Crippen LogP contribution in [0, 0.1) is 0 Å². The zero-order chi connectivity index (χ0) is 20.3. The number of nitrogens with zero attached hydrogens (tertiary/aromatic N) is 2. The van der Waals surface area contributed by atoms with Crippen molar-refractivity contribution in [2.75, 3.05) is 25.0 Å². The fourth-order valence-electron chi connectivity index (χ4n) is 3.29. The highest BCUT2D eigenvalue weighted by molar-refractivity contribution is 7.89. The highest BCUT2D eigenvalue weighted by Crippen LogP contribution is 2.24. The van der Waals surface area contributed by atoms with E-state index < -0.39 is 21.9 Å². The van der Waals surface area contributed by atoms with Crippen molar-refractivity contribution in [2.24, 2.45) is 0 Å². The van der Waals surface area contributed by atoms with Gasteiger partial charge >= 0.3 is 5.97 Å². The van der Waals surface area contributed by atoms with Crippen LogP contribution in [0.25, 0.3) is 0 Å². The number of carboxylic acids is 1. The normalized spacial score (nSPS) is 15.2. The fourth-order valence-corrected chi connectivity index (χ4v) is 4.86. The second-order valence-corrected chi connectivity index (χ2v) is 8.62. The third-order valence-electron chi connectivity index (χ3n) is 4.83. The van der Waals surface area contributed by atoms with Crippen LogP contribution in [0.5, 0.6) is 0 Å². The summed E-state index contributed by atoms with van der Waals surface area (Å²) < 4.78 is 27.2.